The van der Waals surface area contributed by atoms with Crippen molar-refractivity contribution in [3.63, 3.8) is 0 Å². The third-order valence-electron chi connectivity index (χ3n) is 2.90. The molecule has 0 aromatic carbocycles. The number of carbonyl (C=O) groups excluding carboxylic acids is 1. The van der Waals surface area contributed by atoms with Gasteiger partial charge in [-0.2, -0.15) is 0 Å². The molecule has 0 radical (unpaired) electrons. The van der Waals surface area contributed by atoms with Crippen molar-refractivity contribution >= 4 is 5.97 Å². The highest BCUT2D eigenvalue weighted by molar-refractivity contribution is 5.81. The minimum atomic E-state index is -0.424. The zero-order valence-corrected chi connectivity index (χ0v) is 9.67. The zero-order chi connectivity index (χ0) is 11.1. The van der Waals surface area contributed by atoms with Crippen LogP contribution >= 0.6 is 0 Å². The van der Waals surface area contributed by atoms with Gasteiger partial charge in [0.2, 0.25) is 0 Å². The van der Waals surface area contributed by atoms with Gasteiger partial charge in [-0.25, -0.2) is 0 Å². The Bertz CT molecular complexity index is 200. The predicted octanol–water partition coefficient (Wildman–Crippen LogP) is 1.10. The molecule has 0 amide bonds. The van der Waals surface area contributed by atoms with Crippen molar-refractivity contribution in [2.24, 2.45) is 0 Å². The summed E-state index contributed by atoms with van der Waals surface area (Å²) in [5.41, 5.74) is -0.424. The van der Waals surface area contributed by atoms with E-state index in [0.29, 0.717) is 19.8 Å². The number of hydrogen-bond donors (Lipinski definition) is 1. The van der Waals surface area contributed by atoms with E-state index in [1.807, 2.05) is 13.8 Å². The molecule has 4 heteroatoms. The van der Waals surface area contributed by atoms with Gasteiger partial charge in [-0.05, 0) is 32.7 Å². The molecule has 15 heavy (non-hydrogen) atoms. The van der Waals surface area contributed by atoms with E-state index in [0.717, 1.165) is 25.8 Å². The Morgan fingerprint density at radius 3 is 2.73 bits per heavy atom. The number of esters is 1. The van der Waals surface area contributed by atoms with Gasteiger partial charge >= 0.3 is 5.97 Å². The van der Waals surface area contributed by atoms with Gasteiger partial charge < -0.3 is 14.8 Å². The monoisotopic (exact) mass is 215 g/mol. The molecule has 1 fully saturated rings. The molecule has 0 aromatic rings. The van der Waals surface area contributed by atoms with Crippen LogP contribution in [0.2, 0.25) is 0 Å². The van der Waals surface area contributed by atoms with Crippen LogP contribution in [0.3, 0.4) is 0 Å². The molecule has 1 atom stereocenters. The maximum atomic E-state index is 11.8. The van der Waals surface area contributed by atoms with Crippen LogP contribution in [0.4, 0.5) is 0 Å². The van der Waals surface area contributed by atoms with Crippen molar-refractivity contribution in [3.8, 4) is 0 Å². The molecule has 1 unspecified atom stereocenters. The van der Waals surface area contributed by atoms with Gasteiger partial charge in [0, 0.05) is 6.61 Å². The van der Waals surface area contributed by atoms with Crippen LogP contribution in [-0.4, -0.2) is 37.9 Å². The second-order valence-electron chi connectivity index (χ2n) is 3.80. The molecule has 0 aliphatic carbocycles. The molecule has 88 valence electrons. The summed E-state index contributed by atoms with van der Waals surface area (Å²) in [7, 11) is 0. The normalized spacial score (nSPS) is 25.5. The molecule has 4 nitrogen and oxygen atoms in total. The van der Waals surface area contributed by atoms with E-state index >= 15 is 0 Å². The van der Waals surface area contributed by atoms with E-state index in [1.165, 1.54) is 0 Å². The predicted molar refractivity (Wildman–Crippen MR) is 57.7 cm³/mol. The van der Waals surface area contributed by atoms with E-state index in [1.54, 1.807) is 0 Å². The van der Waals surface area contributed by atoms with Crippen molar-refractivity contribution in [1.29, 1.82) is 0 Å². The van der Waals surface area contributed by atoms with Gasteiger partial charge in [0.25, 0.3) is 0 Å². The minimum Gasteiger partial charge on any atom is -0.462 e. The average Bonchev–Trinajstić information content (AvgIpc) is 2.74. The van der Waals surface area contributed by atoms with Crippen LogP contribution in [0, 0.1) is 0 Å². The fraction of sp³-hybridized carbons (Fsp3) is 0.909. The molecule has 1 aliphatic rings. The van der Waals surface area contributed by atoms with Crippen LogP contribution in [0.1, 0.15) is 33.1 Å². The number of rotatable bonds is 6. The maximum absolute atomic E-state index is 11.8. The second-order valence-corrected chi connectivity index (χ2v) is 3.80. The summed E-state index contributed by atoms with van der Waals surface area (Å²) < 4.78 is 10.3. The minimum absolute atomic E-state index is 0.123. The summed E-state index contributed by atoms with van der Waals surface area (Å²) in [5, 5.41) is 3.25. The van der Waals surface area contributed by atoms with Crippen molar-refractivity contribution < 1.29 is 14.3 Å². The summed E-state index contributed by atoms with van der Waals surface area (Å²) in [6.07, 6.45) is 2.73. The van der Waals surface area contributed by atoms with Crippen LogP contribution in [0.25, 0.3) is 0 Å². The largest absolute Gasteiger partial charge is 0.462 e. The molecular weight excluding hydrogens is 194 g/mol. The lowest BCUT2D eigenvalue weighted by Crippen LogP contribution is -2.48. The van der Waals surface area contributed by atoms with Gasteiger partial charge in [-0.1, -0.05) is 6.92 Å². The van der Waals surface area contributed by atoms with E-state index in [-0.39, 0.29) is 5.97 Å². The van der Waals surface area contributed by atoms with Crippen molar-refractivity contribution in [2.45, 2.75) is 38.6 Å². The fourth-order valence-electron chi connectivity index (χ4n) is 1.90. The quantitative estimate of drug-likeness (QED) is 0.532. The lowest BCUT2D eigenvalue weighted by Gasteiger charge is -2.25. The van der Waals surface area contributed by atoms with E-state index in [4.69, 9.17) is 9.47 Å². The first-order valence-electron chi connectivity index (χ1n) is 5.75. The Morgan fingerprint density at radius 2 is 2.20 bits per heavy atom. The van der Waals surface area contributed by atoms with Crippen molar-refractivity contribution in [3.05, 3.63) is 0 Å². The van der Waals surface area contributed by atoms with Gasteiger partial charge in [0.05, 0.1) is 6.61 Å². The first-order chi connectivity index (χ1) is 7.25. The highest BCUT2D eigenvalue weighted by atomic mass is 16.6. The van der Waals surface area contributed by atoms with Crippen molar-refractivity contribution in [1.82, 2.24) is 5.32 Å². The molecule has 1 saturated heterocycles. The Labute approximate surface area is 91.3 Å². The Balaban J connectivity index is 2.31. The third-order valence-corrected chi connectivity index (χ3v) is 2.90. The first kappa shape index (κ1) is 12.5. The maximum Gasteiger partial charge on any atom is 0.326 e. The van der Waals surface area contributed by atoms with Gasteiger partial charge in [0.15, 0.2) is 0 Å². The average molecular weight is 215 g/mol. The summed E-state index contributed by atoms with van der Waals surface area (Å²) >= 11 is 0. The molecule has 1 N–H and O–H groups in total. The fourth-order valence-corrected chi connectivity index (χ4v) is 1.90. The van der Waals surface area contributed by atoms with E-state index < -0.39 is 5.54 Å². The Kier molecular flexibility index (Phi) is 5.05. The molecule has 0 saturated carbocycles. The number of ether oxygens (including phenoxy) is 2. The number of nitrogens with one attached hydrogen (secondary N) is 1. The molecule has 1 rings (SSSR count). The summed E-state index contributed by atoms with van der Waals surface area (Å²) in [4.78, 5) is 11.8. The number of hydrogen-bond acceptors (Lipinski definition) is 4. The number of carbonyl (C=O) groups is 1. The zero-order valence-electron chi connectivity index (χ0n) is 9.67. The van der Waals surface area contributed by atoms with Gasteiger partial charge in [-0.15, -0.1) is 0 Å². The van der Waals surface area contributed by atoms with Crippen LogP contribution < -0.4 is 5.32 Å². The molecule has 1 aliphatic heterocycles. The molecule has 0 bridgehead atoms. The molecule has 0 spiro atoms. The molecule has 0 aromatic heterocycles. The van der Waals surface area contributed by atoms with Crippen LogP contribution in [-0.2, 0) is 14.3 Å². The second kappa shape index (κ2) is 6.08. The topological polar surface area (TPSA) is 47.6 Å². The Hall–Kier alpha value is -0.610. The van der Waals surface area contributed by atoms with Gasteiger partial charge in [-0.3, -0.25) is 4.79 Å². The SMILES string of the molecule is CCOCCOC(=O)C1(CC)CCCN1. The lowest BCUT2D eigenvalue weighted by atomic mass is 9.94. The standard InChI is InChI=1S/C11H21NO3/c1-3-11(6-5-7-12-11)10(13)15-9-8-14-4-2/h12H,3-9H2,1-2H3. The van der Waals surface area contributed by atoms with Crippen LogP contribution in [0.15, 0.2) is 0 Å². The molecule has 1 heterocycles. The Morgan fingerprint density at radius 1 is 1.40 bits per heavy atom. The molecular formula is C11H21NO3. The van der Waals surface area contributed by atoms with Crippen molar-refractivity contribution in [2.75, 3.05) is 26.4 Å². The summed E-state index contributed by atoms with van der Waals surface area (Å²) in [6, 6.07) is 0. The van der Waals surface area contributed by atoms with Crippen LogP contribution in [0.5, 0.6) is 0 Å². The summed E-state index contributed by atoms with van der Waals surface area (Å²) in [5.74, 6) is -0.123. The highest BCUT2D eigenvalue weighted by Gasteiger charge is 2.40. The van der Waals surface area contributed by atoms with Gasteiger partial charge in [0.1, 0.15) is 12.1 Å². The smallest absolute Gasteiger partial charge is 0.326 e. The third kappa shape index (κ3) is 3.18. The van der Waals surface area contributed by atoms with E-state index in [9.17, 15) is 4.79 Å². The lowest BCUT2D eigenvalue weighted by molar-refractivity contribution is -0.152. The summed E-state index contributed by atoms with van der Waals surface area (Å²) in [6.45, 7) is 6.36. The first-order valence-corrected chi connectivity index (χ1v) is 5.75. The highest BCUT2D eigenvalue weighted by Crippen LogP contribution is 2.24. The van der Waals surface area contributed by atoms with E-state index in [2.05, 4.69) is 5.32 Å².